The van der Waals surface area contributed by atoms with Gasteiger partial charge in [0.05, 0.1) is 48.6 Å². The average molecular weight is 563 g/mol. The number of amides is 1. The van der Waals surface area contributed by atoms with E-state index in [0.29, 0.717) is 35.8 Å². The van der Waals surface area contributed by atoms with E-state index >= 15 is 0 Å². The molecule has 1 saturated heterocycles. The zero-order valence-corrected chi connectivity index (χ0v) is 21.6. The Balaban J connectivity index is 1.64. The molecule has 2 heterocycles. The van der Waals surface area contributed by atoms with Crippen LogP contribution in [-0.4, -0.2) is 47.3 Å². The Hall–Kier alpha value is -4.03. The molecular weight excluding hydrogens is 537 g/mol. The smallest absolute Gasteiger partial charge is 0.418 e. The molecule has 4 N–H and O–H groups in total. The van der Waals surface area contributed by atoms with Crippen LogP contribution in [-0.2, 0) is 11.0 Å². The van der Waals surface area contributed by atoms with E-state index in [2.05, 4.69) is 32.5 Å². The number of aliphatic hydroxyl groups is 1. The van der Waals surface area contributed by atoms with Crippen molar-refractivity contribution in [3.63, 3.8) is 0 Å². The third-order valence-corrected chi connectivity index (χ3v) is 6.42. The Morgan fingerprint density at radius 2 is 2.00 bits per heavy atom. The summed E-state index contributed by atoms with van der Waals surface area (Å²) in [5, 5.41) is 17.9. The third-order valence-electron chi connectivity index (χ3n) is 6.14. The van der Waals surface area contributed by atoms with Crippen LogP contribution in [0.25, 0.3) is 0 Å². The summed E-state index contributed by atoms with van der Waals surface area (Å²) in [4.78, 5) is 22.0. The zero-order chi connectivity index (χ0) is 28.2. The number of alkyl halides is 3. The second-order valence-electron chi connectivity index (χ2n) is 8.64. The normalized spacial score (nSPS) is 15.1. The van der Waals surface area contributed by atoms with Crippen molar-refractivity contribution < 1.29 is 27.8 Å². The minimum atomic E-state index is -4.67. The van der Waals surface area contributed by atoms with Gasteiger partial charge in [-0.25, -0.2) is 4.98 Å². The molecule has 0 spiro atoms. The number of nitrogens with one attached hydrogen (secondary N) is 3. The molecule has 1 unspecified atom stereocenters. The molecule has 0 saturated carbocycles. The van der Waals surface area contributed by atoms with Crippen molar-refractivity contribution in [1.82, 2.24) is 9.97 Å². The molecule has 1 aliphatic heterocycles. The van der Waals surface area contributed by atoms with Gasteiger partial charge in [0, 0.05) is 18.3 Å². The summed E-state index contributed by atoms with van der Waals surface area (Å²) in [6.45, 7) is 3.86. The predicted molar refractivity (Wildman–Crippen MR) is 144 cm³/mol. The lowest BCUT2D eigenvalue weighted by molar-refractivity contribution is -0.136. The molecule has 1 atom stereocenters. The molecule has 206 valence electrons. The van der Waals surface area contributed by atoms with Crippen molar-refractivity contribution in [3.05, 3.63) is 65.8 Å². The first-order valence-corrected chi connectivity index (χ1v) is 12.3. The first kappa shape index (κ1) is 28.0. The number of nitrogens with zero attached hydrogens (tertiary/aromatic N) is 3. The van der Waals surface area contributed by atoms with Gasteiger partial charge in [-0.3, -0.25) is 4.79 Å². The number of hydrogen-bond donors (Lipinski definition) is 4. The Morgan fingerprint density at radius 3 is 2.69 bits per heavy atom. The molecule has 4 rings (SSSR count). The molecule has 3 aromatic rings. The van der Waals surface area contributed by atoms with E-state index in [-0.39, 0.29) is 35.1 Å². The fraction of sp³-hybridized carbons (Fsp3) is 0.269. The van der Waals surface area contributed by atoms with Crippen molar-refractivity contribution in [2.45, 2.75) is 25.1 Å². The predicted octanol–water partition coefficient (Wildman–Crippen LogP) is 5.73. The number of ether oxygens (including phenoxy) is 1. The molecule has 1 aliphatic rings. The first-order chi connectivity index (χ1) is 18.6. The maximum absolute atomic E-state index is 14.0. The molecule has 1 amide bonds. The van der Waals surface area contributed by atoms with Gasteiger partial charge in [-0.1, -0.05) is 18.2 Å². The van der Waals surface area contributed by atoms with E-state index < -0.39 is 17.6 Å². The number of carbonyl (C=O) groups is 1. The standard InChI is InChI=1S/C26H26ClF3N6O3/c1-3-23(38)32-22-12-17(39-2)7-9-21(22)33-24-19(27)13-31-25(35-24)34-20-8-6-15(11-18(20)26(28,29)30)36-10-4-5-16(36)14-37/h3,6-9,11-13,16,37H,1,4-5,10,14H2,2H3,(H,32,38)(H2,31,33,34,35). The van der Waals surface area contributed by atoms with E-state index in [1.807, 2.05) is 0 Å². The van der Waals surface area contributed by atoms with E-state index in [4.69, 9.17) is 16.3 Å². The highest BCUT2D eigenvalue weighted by Crippen LogP contribution is 2.40. The molecule has 2 aromatic carbocycles. The van der Waals surface area contributed by atoms with Gasteiger partial charge < -0.3 is 30.7 Å². The number of hydrogen-bond acceptors (Lipinski definition) is 8. The van der Waals surface area contributed by atoms with Gasteiger partial charge in [0.2, 0.25) is 11.9 Å². The second kappa shape index (κ2) is 11.8. The zero-order valence-electron chi connectivity index (χ0n) is 20.8. The Bertz CT molecular complexity index is 1370. The number of rotatable bonds is 9. The number of halogens is 4. The van der Waals surface area contributed by atoms with Crippen molar-refractivity contribution in [2.24, 2.45) is 0 Å². The van der Waals surface area contributed by atoms with E-state index in [1.165, 1.54) is 19.4 Å². The highest BCUT2D eigenvalue weighted by molar-refractivity contribution is 6.33. The van der Waals surface area contributed by atoms with E-state index in [1.54, 1.807) is 29.2 Å². The Morgan fingerprint density at radius 1 is 1.23 bits per heavy atom. The molecule has 13 heteroatoms. The Kier molecular flexibility index (Phi) is 8.46. The first-order valence-electron chi connectivity index (χ1n) is 11.9. The quantitative estimate of drug-likeness (QED) is 0.245. The van der Waals surface area contributed by atoms with Gasteiger partial charge >= 0.3 is 6.18 Å². The van der Waals surface area contributed by atoms with Crippen LogP contribution in [0.15, 0.2) is 55.3 Å². The Labute approximate surface area is 227 Å². The molecular formula is C26H26ClF3N6O3. The molecule has 1 aromatic heterocycles. The van der Waals surface area contributed by atoms with Crippen LogP contribution in [0.2, 0.25) is 5.02 Å². The van der Waals surface area contributed by atoms with Gasteiger partial charge in [-0.05, 0) is 49.2 Å². The maximum Gasteiger partial charge on any atom is 0.418 e. The molecule has 9 nitrogen and oxygen atoms in total. The van der Waals surface area contributed by atoms with Crippen molar-refractivity contribution in [1.29, 1.82) is 0 Å². The molecule has 1 fully saturated rings. The third kappa shape index (κ3) is 6.52. The van der Waals surface area contributed by atoms with Crippen LogP contribution in [0.5, 0.6) is 5.75 Å². The van der Waals surface area contributed by atoms with Crippen molar-refractivity contribution in [2.75, 3.05) is 41.1 Å². The highest BCUT2D eigenvalue weighted by Gasteiger charge is 2.35. The van der Waals surface area contributed by atoms with E-state index in [9.17, 15) is 23.1 Å². The van der Waals surface area contributed by atoms with Gasteiger partial charge in [-0.15, -0.1) is 0 Å². The van der Waals surface area contributed by atoms with Gasteiger partial charge in [0.15, 0.2) is 5.82 Å². The molecule has 0 radical (unpaired) electrons. The highest BCUT2D eigenvalue weighted by atomic mass is 35.5. The number of aromatic nitrogens is 2. The number of aliphatic hydroxyl groups excluding tert-OH is 1. The monoisotopic (exact) mass is 562 g/mol. The number of anilines is 6. The fourth-order valence-electron chi connectivity index (χ4n) is 4.23. The summed E-state index contributed by atoms with van der Waals surface area (Å²) < 4.78 is 47.3. The van der Waals surface area contributed by atoms with Crippen molar-refractivity contribution >= 4 is 52.0 Å². The van der Waals surface area contributed by atoms with Crippen LogP contribution in [0.3, 0.4) is 0 Å². The van der Waals surface area contributed by atoms with Crippen molar-refractivity contribution in [3.8, 4) is 5.75 Å². The van der Waals surface area contributed by atoms with Crippen LogP contribution in [0, 0.1) is 0 Å². The van der Waals surface area contributed by atoms with E-state index in [0.717, 1.165) is 18.6 Å². The van der Waals surface area contributed by atoms with Gasteiger partial charge in [0.1, 0.15) is 10.8 Å². The lowest BCUT2D eigenvalue weighted by atomic mass is 10.1. The molecule has 0 aliphatic carbocycles. The SMILES string of the molecule is C=CC(=O)Nc1cc(OC)ccc1Nc1nc(Nc2ccc(N3CCCC3CO)cc2C(F)(F)F)ncc1Cl. The fourth-order valence-corrected chi connectivity index (χ4v) is 4.37. The topological polar surface area (TPSA) is 112 Å². The van der Waals surface area contributed by atoms with Crippen LogP contribution in [0.4, 0.5) is 47.7 Å². The number of benzene rings is 2. The summed E-state index contributed by atoms with van der Waals surface area (Å²) in [5.74, 6) is -0.0514. The van der Waals surface area contributed by atoms with Gasteiger partial charge in [0.25, 0.3) is 0 Å². The number of carbonyl (C=O) groups excluding carboxylic acids is 1. The summed E-state index contributed by atoms with van der Waals surface area (Å²) >= 11 is 6.27. The average Bonchev–Trinajstić information content (AvgIpc) is 3.40. The minimum Gasteiger partial charge on any atom is -0.497 e. The minimum absolute atomic E-state index is 0.0847. The molecule has 39 heavy (non-hydrogen) atoms. The van der Waals surface area contributed by atoms with Gasteiger partial charge in [-0.2, -0.15) is 18.2 Å². The van der Waals surface area contributed by atoms with Crippen LogP contribution in [0.1, 0.15) is 18.4 Å². The lowest BCUT2D eigenvalue weighted by Crippen LogP contribution is -2.32. The van der Waals surface area contributed by atoms with Crippen LogP contribution < -0.4 is 25.6 Å². The summed E-state index contributed by atoms with van der Waals surface area (Å²) in [5.41, 5.74) is -0.0512. The summed E-state index contributed by atoms with van der Waals surface area (Å²) in [6.07, 6.45) is -0.836. The largest absolute Gasteiger partial charge is 0.497 e. The summed E-state index contributed by atoms with van der Waals surface area (Å²) in [6, 6.07) is 8.51. The maximum atomic E-state index is 14.0. The second-order valence-corrected chi connectivity index (χ2v) is 9.05. The van der Waals surface area contributed by atoms with Crippen LogP contribution >= 0.6 is 11.6 Å². The number of methoxy groups -OCH3 is 1. The lowest BCUT2D eigenvalue weighted by Gasteiger charge is -2.27. The molecule has 0 bridgehead atoms. The summed E-state index contributed by atoms with van der Waals surface area (Å²) in [7, 11) is 1.47.